The predicted molar refractivity (Wildman–Crippen MR) is 101 cm³/mol. The van der Waals surface area contributed by atoms with E-state index in [0.29, 0.717) is 12.0 Å². The third kappa shape index (κ3) is 6.14. The van der Waals surface area contributed by atoms with Gasteiger partial charge in [-0.2, -0.15) is 0 Å². The van der Waals surface area contributed by atoms with E-state index in [1.165, 1.54) is 44.1 Å². The lowest BCUT2D eigenvalue weighted by Crippen LogP contribution is -2.39. The highest BCUT2D eigenvalue weighted by Gasteiger charge is 2.12. The Hall–Kier alpha value is -0.790. The van der Waals surface area contributed by atoms with Crippen LogP contribution in [0.25, 0.3) is 0 Å². The van der Waals surface area contributed by atoms with Crippen LogP contribution in [0.3, 0.4) is 0 Å². The fraction of sp³-hybridized carbons (Fsp3) is 0.750. The van der Waals surface area contributed by atoms with Crippen molar-refractivity contribution in [3.05, 3.63) is 17.0 Å². The summed E-state index contributed by atoms with van der Waals surface area (Å²) in [7, 11) is 0. The topological polar surface area (TPSA) is 76.4 Å². The first kappa shape index (κ1) is 19.3. The Kier molecular flexibility index (Phi) is 8.82. The third-order valence-corrected chi connectivity index (χ3v) is 4.26. The van der Waals surface area contributed by atoms with Crippen LogP contribution in [0.4, 0.5) is 0 Å². The molecule has 5 nitrogen and oxygen atoms in total. The Bertz CT molecular complexity index is 445. The van der Waals surface area contributed by atoms with Crippen LogP contribution in [0.5, 0.6) is 0 Å². The minimum Gasteiger partial charge on any atom is -0.370 e. The molecule has 3 N–H and O–H groups in total. The van der Waals surface area contributed by atoms with Crippen molar-refractivity contribution in [2.24, 2.45) is 10.7 Å². The average molecular weight is 420 g/mol. The zero-order valence-corrected chi connectivity index (χ0v) is 16.1. The van der Waals surface area contributed by atoms with Gasteiger partial charge in [-0.1, -0.05) is 30.8 Å². The Morgan fingerprint density at radius 3 is 2.55 bits per heavy atom. The maximum atomic E-state index is 5.98. The molecule has 126 valence electrons. The fourth-order valence-corrected chi connectivity index (χ4v) is 2.99. The van der Waals surface area contributed by atoms with Crippen molar-refractivity contribution in [1.82, 2.24) is 10.5 Å². The molecule has 0 unspecified atom stereocenters. The normalized spacial score (nSPS) is 16.9. The van der Waals surface area contributed by atoms with E-state index in [1.807, 2.05) is 13.8 Å². The van der Waals surface area contributed by atoms with Crippen LogP contribution in [0.1, 0.15) is 62.0 Å². The number of aryl methyl sites for hydroxylation is 2. The van der Waals surface area contributed by atoms with Crippen molar-refractivity contribution >= 4 is 29.9 Å². The molecular formula is C16H29IN4O. The Balaban J connectivity index is 0.00000242. The minimum absolute atomic E-state index is 0. The summed E-state index contributed by atoms with van der Waals surface area (Å²) in [6, 6.07) is 0.513. The largest absolute Gasteiger partial charge is 0.370 e. The maximum absolute atomic E-state index is 5.98. The van der Waals surface area contributed by atoms with Gasteiger partial charge in [-0.15, -0.1) is 24.0 Å². The minimum atomic E-state index is 0. The van der Waals surface area contributed by atoms with Crippen LogP contribution in [0.15, 0.2) is 9.52 Å². The highest BCUT2D eigenvalue weighted by Crippen LogP contribution is 2.17. The molecule has 1 aromatic heterocycles. The number of rotatable bonds is 5. The summed E-state index contributed by atoms with van der Waals surface area (Å²) < 4.78 is 5.16. The van der Waals surface area contributed by atoms with Gasteiger partial charge in [-0.3, -0.25) is 4.99 Å². The number of aromatic nitrogens is 1. The van der Waals surface area contributed by atoms with Gasteiger partial charge in [0.05, 0.1) is 5.69 Å². The molecule has 0 amide bonds. The molecule has 22 heavy (non-hydrogen) atoms. The molecule has 1 fully saturated rings. The van der Waals surface area contributed by atoms with Gasteiger partial charge in [0.25, 0.3) is 0 Å². The monoisotopic (exact) mass is 420 g/mol. The van der Waals surface area contributed by atoms with Gasteiger partial charge in [-0.05, 0) is 39.5 Å². The van der Waals surface area contributed by atoms with Crippen molar-refractivity contribution in [1.29, 1.82) is 0 Å². The molecule has 1 heterocycles. The van der Waals surface area contributed by atoms with Crippen molar-refractivity contribution in [2.75, 3.05) is 6.54 Å². The zero-order valence-electron chi connectivity index (χ0n) is 13.7. The predicted octanol–water partition coefficient (Wildman–Crippen LogP) is 3.47. The van der Waals surface area contributed by atoms with Crippen LogP contribution in [-0.4, -0.2) is 23.7 Å². The second-order valence-electron chi connectivity index (χ2n) is 6.01. The van der Waals surface area contributed by atoms with Crippen molar-refractivity contribution < 1.29 is 4.52 Å². The van der Waals surface area contributed by atoms with Gasteiger partial charge in [-0.25, -0.2) is 0 Å². The molecule has 0 radical (unpaired) electrons. The van der Waals surface area contributed by atoms with Gasteiger partial charge in [0, 0.05) is 18.2 Å². The number of halogens is 1. The average Bonchev–Trinajstić information content (AvgIpc) is 2.68. The fourth-order valence-electron chi connectivity index (χ4n) is 2.99. The molecule has 1 aromatic rings. The van der Waals surface area contributed by atoms with Crippen LogP contribution in [-0.2, 0) is 6.42 Å². The standard InChI is InChI=1S/C16H28N4O.HI/c1-12-15(13(2)21-20-12)10-7-11-18-16(17)19-14-8-5-3-4-6-9-14;/h14H,3-11H2,1-2H3,(H3,17,18,19);1H. The summed E-state index contributed by atoms with van der Waals surface area (Å²) in [5.41, 5.74) is 8.18. The van der Waals surface area contributed by atoms with Gasteiger partial charge >= 0.3 is 0 Å². The quantitative estimate of drug-likeness (QED) is 0.252. The van der Waals surface area contributed by atoms with Gasteiger partial charge in [0.1, 0.15) is 5.76 Å². The second kappa shape index (κ2) is 10.1. The van der Waals surface area contributed by atoms with E-state index >= 15 is 0 Å². The first-order valence-corrected chi connectivity index (χ1v) is 8.15. The number of nitrogens with two attached hydrogens (primary N) is 1. The molecule has 0 bridgehead atoms. The Labute approximate surface area is 150 Å². The number of aliphatic imine (C=N–C) groups is 1. The maximum Gasteiger partial charge on any atom is 0.188 e. The summed E-state index contributed by atoms with van der Waals surface area (Å²) >= 11 is 0. The number of nitrogens with one attached hydrogen (secondary N) is 1. The Morgan fingerprint density at radius 2 is 1.95 bits per heavy atom. The van der Waals surface area contributed by atoms with Crippen molar-refractivity contribution in [2.45, 2.75) is 71.3 Å². The van der Waals surface area contributed by atoms with Gasteiger partial charge < -0.3 is 15.6 Å². The van der Waals surface area contributed by atoms with E-state index in [-0.39, 0.29) is 24.0 Å². The van der Waals surface area contributed by atoms with Crippen molar-refractivity contribution in [3.63, 3.8) is 0 Å². The lowest BCUT2D eigenvalue weighted by atomic mass is 10.1. The van der Waals surface area contributed by atoms with Crippen molar-refractivity contribution in [3.8, 4) is 0 Å². The molecule has 0 spiro atoms. The summed E-state index contributed by atoms with van der Waals surface area (Å²) in [6.45, 7) is 4.69. The third-order valence-electron chi connectivity index (χ3n) is 4.26. The summed E-state index contributed by atoms with van der Waals surface area (Å²) in [6.07, 6.45) is 9.66. The molecule has 0 aromatic carbocycles. The first-order chi connectivity index (χ1) is 10.2. The first-order valence-electron chi connectivity index (χ1n) is 8.15. The van der Waals surface area contributed by atoms with Gasteiger partial charge in [0.15, 0.2) is 5.96 Å². The molecule has 0 saturated heterocycles. The number of hydrogen-bond donors (Lipinski definition) is 2. The highest BCUT2D eigenvalue weighted by molar-refractivity contribution is 14.0. The van der Waals surface area contributed by atoms with E-state index in [0.717, 1.165) is 30.8 Å². The SMILES string of the molecule is Cc1noc(C)c1CCCN=C(N)NC1CCCCCC1.I. The smallest absolute Gasteiger partial charge is 0.188 e. The van der Waals surface area contributed by atoms with E-state index in [9.17, 15) is 0 Å². The molecule has 6 heteroatoms. The molecule has 1 aliphatic rings. The summed E-state index contributed by atoms with van der Waals surface area (Å²) in [5, 5.41) is 7.34. The van der Waals surface area contributed by atoms with Gasteiger partial charge in [0.2, 0.25) is 0 Å². The lowest BCUT2D eigenvalue weighted by molar-refractivity contribution is 0.392. The molecule has 1 aliphatic carbocycles. The molecular weight excluding hydrogens is 391 g/mol. The molecule has 2 rings (SSSR count). The zero-order chi connectivity index (χ0) is 15.1. The summed E-state index contributed by atoms with van der Waals surface area (Å²) in [4.78, 5) is 4.44. The molecule has 1 saturated carbocycles. The van der Waals surface area contributed by atoms with E-state index in [1.54, 1.807) is 0 Å². The number of guanidine groups is 1. The Morgan fingerprint density at radius 1 is 1.27 bits per heavy atom. The number of nitrogens with zero attached hydrogens (tertiary/aromatic N) is 2. The van der Waals surface area contributed by atoms with Crippen LogP contribution >= 0.6 is 24.0 Å². The second-order valence-corrected chi connectivity index (χ2v) is 6.01. The molecule has 0 aliphatic heterocycles. The number of hydrogen-bond acceptors (Lipinski definition) is 3. The molecule has 0 atom stereocenters. The van der Waals surface area contributed by atoms with E-state index in [4.69, 9.17) is 10.3 Å². The highest BCUT2D eigenvalue weighted by atomic mass is 127. The van der Waals surface area contributed by atoms with Crippen LogP contribution in [0.2, 0.25) is 0 Å². The lowest BCUT2D eigenvalue weighted by Gasteiger charge is -2.16. The van der Waals surface area contributed by atoms with E-state index < -0.39 is 0 Å². The van der Waals surface area contributed by atoms with Crippen LogP contribution < -0.4 is 11.1 Å². The van der Waals surface area contributed by atoms with E-state index in [2.05, 4.69) is 15.5 Å². The van der Waals surface area contributed by atoms with Crippen LogP contribution in [0, 0.1) is 13.8 Å². The summed E-state index contributed by atoms with van der Waals surface area (Å²) in [5.74, 6) is 1.52.